The summed E-state index contributed by atoms with van der Waals surface area (Å²) >= 11 is 5.22. The molecule has 1 aliphatic heterocycles. The molecule has 1 aromatic heterocycles. The summed E-state index contributed by atoms with van der Waals surface area (Å²) in [6.07, 6.45) is 0. The van der Waals surface area contributed by atoms with Crippen LogP contribution in [0.3, 0.4) is 0 Å². The van der Waals surface area contributed by atoms with Gasteiger partial charge in [-0.1, -0.05) is 6.07 Å². The average Bonchev–Trinajstić information content (AvgIpc) is 3.11. The van der Waals surface area contributed by atoms with Gasteiger partial charge in [0.2, 0.25) is 5.91 Å². The Morgan fingerprint density at radius 1 is 1.19 bits per heavy atom. The van der Waals surface area contributed by atoms with Gasteiger partial charge in [0, 0.05) is 43.2 Å². The Kier molecular flexibility index (Phi) is 6.87. The Labute approximate surface area is 171 Å². The third-order valence-electron chi connectivity index (χ3n) is 4.47. The summed E-state index contributed by atoms with van der Waals surface area (Å²) in [7, 11) is 1.55. The van der Waals surface area contributed by atoms with Crippen molar-refractivity contribution >= 4 is 39.1 Å². The first-order chi connectivity index (χ1) is 13.0. The SMILES string of the molecule is COc1cccc(C(=O)NCC(=O)N2CCN(Cc3ccc(Br)s3)CC2)c1. The van der Waals surface area contributed by atoms with E-state index in [0.29, 0.717) is 24.4 Å². The van der Waals surface area contributed by atoms with Gasteiger partial charge in [0.05, 0.1) is 17.4 Å². The van der Waals surface area contributed by atoms with E-state index in [0.717, 1.165) is 23.4 Å². The lowest BCUT2D eigenvalue weighted by Gasteiger charge is -2.34. The molecule has 2 heterocycles. The number of ether oxygens (including phenoxy) is 1. The van der Waals surface area contributed by atoms with Crippen molar-refractivity contribution in [3.8, 4) is 5.75 Å². The summed E-state index contributed by atoms with van der Waals surface area (Å²) in [6.45, 7) is 3.95. The predicted octanol–water partition coefficient (Wildman–Crippen LogP) is 2.59. The van der Waals surface area contributed by atoms with Gasteiger partial charge in [-0.05, 0) is 46.3 Å². The van der Waals surface area contributed by atoms with Gasteiger partial charge in [-0.25, -0.2) is 0 Å². The lowest BCUT2D eigenvalue weighted by atomic mass is 10.2. The molecule has 1 aliphatic rings. The molecule has 0 radical (unpaired) electrons. The van der Waals surface area contributed by atoms with Crippen LogP contribution >= 0.6 is 27.3 Å². The average molecular weight is 452 g/mol. The number of carbonyl (C=O) groups is 2. The normalized spacial score (nSPS) is 14.8. The summed E-state index contributed by atoms with van der Waals surface area (Å²) < 4.78 is 6.26. The molecule has 27 heavy (non-hydrogen) atoms. The fraction of sp³-hybridized carbons (Fsp3) is 0.368. The third-order valence-corrected chi connectivity index (χ3v) is 6.07. The van der Waals surface area contributed by atoms with Gasteiger partial charge < -0.3 is 15.0 Å². The molecule has 8 heteroatoms. The van der Waals surface area contributed by atoms with E-state index in [4.69, 9.17) is 4.74 Å². The lowest BCUT2D eigenvalue weighted by molar-refractivity contribution is -0.131. The predicted molar refractivity (Wildman–Crippen MR) is 109 cm³/mol. The molecule has 6 nitrogen and oxygen atoms in total. The highest BCUT2D eigenvalue weighted by Crippen LogP contribution is 2.23. The number of methoxy groups -OCH3 is 1. The highest BCUT2D eigenvalue weighted by atomic mass is 79.9. The maximum absolute atomic E-state index is 12.4. The van der Waals surface area contributed by atoms with Gasteiger partial charge in [0.1, 0.15) is 5.75 Å². The van der Waals surface area contributed by atoms with Crippen molar-refractivity contribution in [1.82, 2.24) is 15.1 Å². The van der Waals surface area contributed by atoms with Crippen LogP contribution in [-0.4, -0.2) is 61.4 Å². The van der Waals surface area contributed by atoms with Crippen LogP contribution < -0.4 is 10.1 Å². The number of piperazine rings is 1. The number of benzene rings is 1. The molecule has 3 rings (SSSR count). The zero-order valence-electron chi connectivity index (χ0n) is 15.1. The first-order valence-corrected chi connectivity index (χ1v) is 10.3. The molecular formula is C19H22BrN3O3S. The molecule has 1 fully saturated rings. The van der Waals surface area contributed by atoms with Crippen LogP contribution in [0.1, 0.15) is 15.2 Å². The lowest BCUT2D eigenvalue weighted by Crippen LogP contribution is -2.50. The molecule has 144 valence electrons. The van der Waals surface area contributed by atoms with Gasteiger partial charge in [-0.3, -0.25) is 14.5 Å². The highest BCUT2D eigenvalue weighted by molar-refractivity contribution is 9.11. The second kappa shape index (κ2) is 9.34. The number of amides is 2. The monoisotopic (exact) mass is 451 g/mol. The zero-order chi connectivity index (χ0) is 19.2. The summed E-state index contributed by atoms with van der Waals surface area (Å²) in [4.78, 5) is 30.1. The molecular weight excluding hydrogens is 430 g/mol. The van der Waals surface area contributed by atoms with Crippen molar-refractivity contribution in [2.45, 2.75) is 6.54 Å². The van der Waals surface area contributed by atoms with Crippen molar-refractivity contribution in [3.05, 3.63) is 50.6 Å². The Bertz CT molecular complexity index is 803. The van der Waals surface area contributed by atoms with Gasteiger partial charge in [0.15, 0.2) is 0 Å². The molecule has 1 N–H and O–H groups in total. The maximum Gasteiger partial charge on any atom is 0.251 e. The molecule has 1 saturated heterocycles. The van der Waals surface area contributed by atoms with E-state index in [-0.39, 0.29) is 18.4 Å². The molecule has 2 aromatic rings. The number of hydrogen-bond donors (Lipinski definition) is 1. The molecule has 2 amide bonds. The molecule has 0 saturated carbocycles. The van der Waals surface area contributed by atoms with Crippen LogP contribution in [0.15, 0.2) is 40.2 Å². The maximum atomic E-state index is 12.4. The van der Waals surface area contributed by atoms with E-state index in [2.05, 4.69) is 38.3 Å². The third kappa shape index (κ3) is 5.54. The Morgan fingerprint density at radius 3 is 2.63 bits per heavy atom. The van der Waals surface area contributed by atoms with Crippen LogP contribution in [0.4, 0.5) is 0 Å². The second-order valence-electron chi connectivity index (χ2n) is 6.28. The minimum absolute atomic E-state index is 0.00785. The Hall–Kier alpha value is -1.90. The standard InChI is InChI=1S/C19H22BrN3O3S/c1-26-15-4-2-3-14(11-15)19(25)21-12-18(24)23-9-7-22(8-10-23)13-16-5-6-17(20)27-16/h2-6,11H,7-10,12-13H2,1H3,(H,21,25). The van der Waals surface area contributed by atoms with Crippen molar-refractivity contribution in [3.63, 3.8) is 0 Å². The van der Waals surface area contributed by atoms with Crippen LogP contribution in [0.2, 0.25) is 0 Å². The number of nitrogens with one attached hydrogen (secondary N) is 1. The number of rotatable bonds is 6. The molecule has 0 bridgehead atoms. The van der Waals surface area contributed by atoms with Crippen molar-refractivity contribution in [2.75, 3.05) is 39.8 Å². The van der Waals surface area contributed by atoms with E-state index in [1.807, 2.05) is 4.90 Å². The van der Waals surface area contributed by atoms with Gasteiger partial charge in [0.25, 0.3) is 5.91 Å². The topological polar surface area (TPSA) is 61.9 Å². The largest absolute Gasteiger partial charge is 0.497 e. The van der Waals surface area contributed by atoms with Crippen molar-refractivity contribution in [2.24, 2.45) is 0 Å². The smallest absolute Gasteiger partial charge is 0.251 e. The van der Waals surface area contributed by atoms with Gasteiger partial charge in [-0.2, -0.15) is 0 Å². The molecule has 1 aromatic carbocycles. The second-order valence-corrected chi connectivity index (χ2v) is 8.82. The molecule has 0 unspecified atom stereocenters. The van der Waals surface area contributed by atoms with E-state index in [9.17, 15) is 9.59 Å². The quantitative estimate of drug-likeness (QED) is 0.732. The number of carbonyl (C=O) groups excluding carboxylic acids is 2. The first-order valence-electron chi connectivity index (χ1n) is 8.72. The summed E-state index contributed by atoms with van der Waals surface area (Å²) in [6, 6.07) is 11.1. The summed E-state index contributed by atoms with van der Waals surface area (Å²) in [5.41, 5.74) is 0.481. The first kappa shape index (κ1) is 19.9. The molecule has 0 aliphatic carbocycles. The molecule has 0 atom stereocenters. The summed E-state index contributed by atoms with van der Waals surface area (Å²) in [5, 5.41) is 2.70. The number of thiophene rings is 1. The van der Waals surface area contributed by atoms with E-state index in [1.54, 1.807) is 42.7 Å². The molecule has 0 spiro atoms. The van der Waals surface area contributed by atoms with E-state index in [1.165, 1.54) is 4.88 Å². The van der Waals surface area contributed by atoms with E-state index >= 15 is 0 Å². The van der Waals surface area contributed by atoms with Crippen LogP contribution in [0, 0.1) is 0 Å². The van der Waals surface area contributed by atoms with Gasteiger partial charge >= 0.3 is 0 Å². The minimum Gasteiger partial charge on any atom is -0.497 e. The summed E-state index contributed by atoms with van der Waals surface area (Å²) in [5.74, 6) is 0.289. The Balaban J connectivity index is 1.43. The minimum atomic E-state index is -0.274. The highest BCUT2D eigenvalue weighted by Gasteiger charge is 2.22. The van der Waals surface area contributed by atoms with Crippen LogP contribution in [-0.2, 0) is 11.3 Å². The number of hydrogen-bond acceptors (Lipinski definition) is 5. The fourth-order valence-corrected chi connectivity index (χ4v) is 4.47. The Morgan fingerprint density at radius 2 is 1.96 bits per heavy atom. The number of halogens is 1. The van der Waals surface area contributed by atoms with E-state index < -0.39 is 0 Å². The van der Waals surface area contributed by atoms with Crippen LogP contribution in [0.5, 0.6) is 5.75 Å². The zero-order valence-corrected chi connectivity index (χ0v) is 17.5. The van der Waals surface area contributed by atoms with Crippen molar-refractivity contribution in [1.29, 1.82) is 0 Å². The van der Waals surface area contributed by atoms with Crippen LogP contribution in [0.25, 0.3) is 0 Å². The van der Waals surface area contributed by atoms with Gasteiger partial charge in [-0.15, -0.1) is 11.3 Å². The number of nitrogens with zero attached hydrogens (tertiary/aromatic N) is 2. The van der Waals surface area contributed by atoms with Crippen molar-refractivity contribution < 1.29 is 14.3 Å². The fourth-order valence-electron chi connectivity index (χ4n) is 2.95.